The van der Waals surface area contributed by atoms with Crippen LogP contribution in [0.15, 0.2) is 0 Å². The summed E-state index contributed by atoms with van der Waals surface area (Å²) < 4.78 is 1.94. The van der Waals surface area contributed by atoms with Crippen LogP contribution in [0.3, 0.4) is 0 Å². The van der Waals surface area contributed by atoms with E-state index < -0.39 is 0 Å². The lowest BCUT2D eigenvalue weighted by molar-refractivity contribution is 0.476. The van der Waals surface area contributed by atoms with Crippen molar-refractivity contribution in [2.24, 2.45) is 12.8 Å². The Bertz CT molecular complexity index is 318. The van der Waals surface area contributed by atoms with Crippen molar-refractivity contribution in [3.63, 3.8) is 0 Å². The molecule has 14 heavy (non-hydrogen) atoms. The highest BCUT2D eigenvalue weighted by molar-refractivity contribution is 5.24. The van der Waals surface area contributed by atoms with Crippen molar-refractivity contribution in [2.75, 3.05) is 0 Å². The van der Waals surface area contributed by atoms with Gasteiger partial charge in [-0.05, 0) is 46.1 Å². The van der Waals surface area contributed by atoms with Crippen LogP contribution in [0.4, 0.5) is 0 Å². The third kappa shape index (κ3) is 2.58. The first-order valence-electron chi connectivity index (χ1n) is 5.09. The third-order valence-electron chi connectivity index (χ3n) is 2.68. The van der Waals surface area contributed by atoms with Gasteiger partial charge in [-0.3, -0.25) is 4.68 Å². The summed E-state index contributed by atoms with van der Waals surface area (Å²) in [4.78, 5) is 0. The molecular weight excluding hydrogens is 174 g/mol. The minimum absolute atomic E-state index is 0.0886. The van der Waals surface area contributed by atoms with Crippen LogP contribution in [-0.4, -0.2) is 15.3 Å². The minimum Gasteiger partial charge on any atom is -0.326 e. The Labute approximate surface area is 86.3 Å². The lowest BCUT2D eigenvalue weighted by Gasteiger charge is -2.18. The predicted octanol–water partition coefficient (Wildman–Crippen LogP) is 1.71. The van der Waals surface area contributed by atoms with Gasteiger partial charge in [-0.2, -0.15) is 5.10 Å². The Hall–Kier alpha value is -0.830. The predicted molar refractivity (Wildman–Crippen MR) is 59.3 cm³/mol. The standard InChI is InChI=1S/C11H21N3/c1-8-10(6-7-11(3,4)12)9(2)14(5)13-8/h6-7,12H2,1-5H3. The fourth-order valence-corrected chi connectivity index (χ4v) is 1.63. The number of hydrogen-bond acceptors (Lipinski definition) is 2. The molecule has 0 bridgehead atoms. The zero-order valence-electron chi connectivity index (χ0n) is 9.89. The molecule has 0 atom stereocenters. The van der Waals surface area contributed by atoms with Crippen LogP contribution < -0.4 is 5.73 Å². The molecule has 0 saturated heterocycles. The van der Waals surface area contributed by atoms with Gasteiger partial charge in [0, 0.05) is 18.3 Å². The van der Waals surface area contributed by atoms with E-state index in [0.29, 0.717) is 0 Å². The molecule has 1 heterocycles. The van der Waals surface area contributed by atoms with Gasteiger partial charge < -0.3 is 5.73 Å². The van der Waals surface area contributed by atoms with E-state index in [4.69, 9.17) is 5.73 Å². The quantitative estimate of drug-likeness (QED) is 0.798. The molecule has 1 aromatic rings. The van der Waals surface area contributed by atoms with Crippen molar-refractivity contribution in [3.05, 3.63) is 17.0 Å². The molecule has 0 aromatic carbocycles. The van der Waals surface area contributed by atoms with Crippen molar-refractivity contribution in [2.45, 2.75) is 46.1 Å². The Morgan fingerprint density at radius 2 is 1.93 bits per heavy atom. The maximum atomic E-state index is 5.96. The molecule has 0 unspecified atom stereocenters. The number of nitrogens with zero attached hydrogens (tertiary/aromatic N) is 2. The molecule has 1 rings (SSSR count). The van der Waals surface area contributed by atoms with Gasteiger partial charge in [0.05, 0.1) is 5.69 Å². The molecule has 1 aromatic heterocycles. The van der Waals surface area contributed by atoms with Crippen molar-refractivity contribution in [3.8, 4) is 0 Å². The Balaban J connectivity index is 2.77. The summed E-state index contributed by atoms with van der Waals surface area (Å²) in [5, 5.41) is 4.39. The average molecular weight is 195 g/mol. The first kappa shape index (κ1) is 11.2. The van der Waals surface area contributed by atoms with Crippen LogP contribution in [-0.2, 0) is 13.5 Å². The number of rotatable bonds is 3. The Morgan fingerprint density at radius 1 is 1.36 bits per heavy atom. The topological polar surface area (TPSA) is 43.8 Å². The fraction of sp³-hybridized carbons (Fsp3) is 0.727. The van der Waals surface area contributed by atoms with E-state index in [-0.39, 0.29) is 5.54 Å². The van der Waals surface area contributed by atoms with Crippen LogP contribution in [0.2, 0.25) is 0 Å². The van der Waals surface area contributed by atoms with E-state index in [9.17, 15) is 0 Å². The van der Waals surface area contributed by atoms with E-state index in [1.807, 2.05) is 11.7 Å². The maximum Gasteiger partial charge on any atom is 0.0628 e. The van der Waals surface area contributed by atoms with E-state index >= 15 is 0 Å². The van der Waals surface area contributed by atoms with Gasteiger partial charge in [0.2, 0.25) is 0 Å². The Kier molecular flexibility index (Phi) is 3.00. The summed E-state index contributed by atoms with van der Waals surface area (Å²) >= 11 is 0. The van der Waals surface area contributed by atoms with E-state index in [1.165, 1.54) is 11.3 Å². The molecule has 80 valence electrons. The lowest BCUT2D eigenvalue weighted by Crippen LogP contribution is -2.32. The summed E-state index contributed by atoms with van der Waals surface area (Å²) in [5.41, 5.74) is 9.62. The summed E-state index contributed by atoms with van der Waals surface area (Å²) in [6.07, 6.45) is 2.02. The van der Waals surface area contributed by atoms with Gasteiger partial charge in [-0.25, -0.2) is 0 Å². The second-order valence-electron chi connectivity index (χ2n) is 4.76. The molecule has 3 nitrogen and oxygen atoms in total. The van der Waals surface area contributed by atoms with Crippen LogP contribution >= 0.6 is 0 Å². The van der Waals surface area contributed by atoms with Crippen LogP contribution in [0, 0.1) is 13.8 Å². The van der Waals surface area contributed by atoms with Crippen molar-refractivity contribution >= 4 is 0 Å². The highest BCUT2D eigenvalue weighted by Crippen LogP contribution is 2.17. The molecule has 0 aliphatic heterocycles. The first-order chi connectivity index (χ1) is 6.31. The van der Waals surface area contributed by atoms with E-state index in [1.54, 1.807) is 0 Å². The molecule has 0 amide bonds. The second kappa shape index (κ2) is 3.73. The highest BCUT2D eigenvalue weighted by Gasteiger charge is 2.14. The highest BCUT2D eigenvalue weighted by atomic mass is 15.3. The van der Waals surface area contributed by atoms with Gasteiger partial charge in [-0.1, -0.05) is 0 Å². The normalized spacial score (nSPS) is 12.1. The van der Waals surface area contributed by atoms with Gasteiger partial charge in [0.15, 0.2) is 0 Å². The molecule has 0 spiro atoms. The number of aromatic nitrogens is 2. The van der Waals surface area contributed by atoms with Crippen LogP contribution in [0.1, 0.15) is 37.2 Å². The zero-order chi connectivity index (χ0) is 10.9. The van der Waals surface area contributed by atoms with Crippen molar-refractivity contribution in [1.29, 1.82) is 0 Å². The van der Waals surface area contributed by atoms with Crippen LogP contribution in [0.5, 0.6) is 0 Å². The molecule has 2 N–H and O–H groups in total. The largest absolute Gasteiger partial charge is 0.326 e. The van der Waals surface area contributed by atoms with Gasteiger partial charge >= 0.3 is 0 Å². The summed E-state index contributed by atoms with van der Waals surface area (Å²) in [6, 6.07) is 0. The monoisotopic (exact) mass is 195 g/mol. The summed E-state index contributed by atoms with van der Waals surface area (Å²) in [6.45, 7) is 8.30. The Morgan fingerprint density at radius 3 is 2.29 bits per heavy atom. The van der Waals surface area contributed by atoms with Gasteiger partial charge in [0.25, 0.3) is 0 Å². The minimum atomic E-state index is -0.0886. The molecule has 0 saturated carbocycles. The lowest BCUT2D eigenvalue weighted by atomic mass is 9.96. The van der Waals surface area contributed by atoms with E-state index in [0.717, 1.165) is 18.5 Å². The fourth-order valence-electron chi connectivity index (χ4n) is 1.63. The molecule has 0 aliphatic rings. The number of nitrogens with two attached hydrogens (primary N) is 1. The molecule has 3 heteroatoms. The maximum absolute atomic E-state index is 5.96. The average Bonchev–Trinajstić information content (AvgIpc) is 2.23. The van der Waals surface area contributed by atoms with Gasteiger partial charge in [-0.15, -0.1) is 0 Å². The summed E-state index contributed by atoms with van der Waals surface area (Å²) in [7, 11) is 1.99. The van der Waals surface area contributed by atoms with Crippen LogP contribution in [0.25, 0.3) is 0 Å². The molecular formula is C11H21N3. The van der Waals surface area contributed by atoms with Crippen molar-refractivity contribution in [1.82, 2.24) is 9.78 Å². The third-order valence-corrected chi connectivity index (χ3v) is 2.68. The number of hydrogen-bond donors (Lipinski definition) is 1. The molecule has 0 aliphatic carbocycles. The zero-order valence-corrected chi connectivity index (χ0v) is 9.89. The second-order valence-corrected chi connectivity index (χ2v) is 4.76. The van der Waals surface area contributed by atoms with E-state index in [2.05, 4.69) is 32.8 Å². The SMILES string of the molecule is Cc1nn(C)c(C)c1CCC(C)(C)N. The summed E-state index contributed by atoms with van der Waals surface area (Å²) in [5.74, 6) is 0. The molecule has 0 fully saturated rings. The van der Waals surface area contributed by atoms with Crippen molar-refractivity contribution < 1.29 is 0 Å². The first-order valence-corrected chi connectivity index (χ1v) is 5.09. The van der Waals surface area contributed by atoms with Gasteiger partial charge in [0.1, 0.15) is 0 Å². The smallest absolute Gasteiger partial charge is 0.0628 e. The number of aryl methyl sites for hydroxylation is 2. The molecule has 0 radical (unpaired) electrons.